The fourth-order valence-corrected chi connectivity index (χ4v) is 3.67. The van der Waals surface area contributed by atoms with Gasteiger partial charge in [0.25, 0.3) is 5.91 Å². The van der Waals surface area contributed by atoms with Crippen LogP contribution >= 0.6 is 11.8 Å². The minimum absolute atomic E-state index is 0.0885. The van der Waals surface area contributed by atoms with Gasteiger partial charge in [0, 0.05) is 16.6 Å². The molecular formula is C20H21NO3S. The van der Waals surface area contributed by atoms with Gasteiger partial charge in [-0.15, -0.1) is 11.8 Å². The summed E-state index contributed by atoms with van der Waals surface area (Å²) in [5.41, 5.74) is 3.26. The van der Waals surface area contributed by atoms with Gasteiger partial charge in [-0.3, -0.25) is 9.59 Å². The number of benzene rings is 2. The van der Waals surface area contributed by atoms with E-state index in [0.717, 1.165) is 22.6 Å². The van der Waals surface area contributed by atoms with Crippen LogP contribution in [0.5, 0.6) is 0 Å². The second-order valence-electron chi connectivity index (χ2n) is 6.21. The second-order valence-corrected chi connectivity index (χ2v) is 7.26. The molecule has 1 aliphatic rings. The quantitative estimate of drug-likeness (QED) is 0.607. The molecule has 25 heavy (non-hydrogen) atoms. The number of carbonyl (C=O) groups is 2. The number of rotatable bonds is 5. The molecule has 0 radical (unpaired) electrons. The lowest BCUT2D eigenvalue weighted by molar-refractivity contribution is -0.145. The Labute approximate surface area is 152 Å². The Balaban J connectivity index is 1.50. The van der Waals surface area contributed by atoms with Crippen LogP contribution in [0, 0.1) is 6.92 Å². The summed E-state index contributed by atoms with van der Waals surface area (Å²) in [6.45, 7) is 3.81. The normalized spacial score (nSPS) is 15.8. The predicted octanol–water partition coefficient (Wildman–Crippen LogP) is 3.61. The number of carbonyl (C=O) groups excluding carboxylic acids is 2. The summed E-state index contributed by atoms with van der Waals surface area (Å²) < 4.78 is 5.17. The van der Waals surface area contributed by atoms with E-state index in [9.17, 15) is 9.59 Å². The number of nitrogens with zero attached hydrogens (tertiary/aromatic N) is 1. The molecule has 0 saturated heterocycles. The molecule has 4 nitrogen and oxygen atoms in total. The lowest BCUT2D eigenvalue weighted by atomic mass is 10.1. The molecule has 0 aromatic heterocycles. The van der Waals surface area contributed by atoms with Crippen molar-refractivity contribution in [3.63, 3.8) is 0 Å². The molecule has 0 saturated carbocycles. The maximum Gasteiger partial charge on any atom is 0.316 e. The molecule has 1 amide bonds. The van der Waals surface area contributed by atoms with E-state index >= 15 is 0 Å². The molecule has 2 aromatic rings. The highest BCUT2D eigenvalue weighted by atomic mass is 32.2. The molecule has 0 unspecified atom stereocenters. The maximum atomic E-state index is 12.5. The summed E-state index contributed by atoms with van der Waals surface area (Å²) in [4.78, 5) is 27.1. The van der Waals surface area contributed by atoms with E-state index < -0.39 is 0 Å². The lowest BCUT2D eigenvalue weighted by Crippen LogP contribution is -2.38. The van der Waals surface area contributed by atoms with Crippen molar-refractivity contribution in [3.05, 3.63) is 59.7 Å². The van der Waals surface area contributed by atoms with Gasteiger partial charge in [0.2, 0.25) is 0 Å². The minimum Gasteiger partial charge on any atom is -0.455 e. The minimum atomic E-state index is -0.376. The van der Waals surface area contributed by atoms with Gasteiger partial charge in [0.1, 0.15) is 0 Å². The molecule has 0 spiro atoms. The Kier molecular flexibility index (Phi) is 5.43. The summed E-state index contributed by atoms with van der Waals surface area (Å²) in [5.74, 6) is -0.354. The Morgan fingerprint density at radius 2 is 1.88 bits per heavy atom. The van der Waals surface area contributed by atoms with Crippen LogP contribution in [0.4, 0.5) is 5.69 Å². The highest BCUT2D eigenvalue weighted by Crippen LogP contribution is 2.31. The van der Waals surface area contributed by atoms with Gasteiger partial charge in [0.05, 0.1) is 5.75 Å². The fourth-order valence-electron chi connectivity index (χ4n) is 2.98. The van der Waals surface area contributed by atoms with E-state index in [1.54, 1.807) is 4.90 Å². The van der Waals surface area contributed by atoms with Crippen molar-refractivity contribution in [2.45, 2.75) is 31.2 Å². The molecule has 0 N–H and O–H groups in total. The van der Waals surface area contributed by atoms with Gasteiger partial charge in [-0.2, -0.15) is 0 Å². The standard InChI is InChI=1S/C20H21NO3S/c1-14-7-9-17(10-8-14)25-13-20(23)24-12-19(22)21-15(2)11-16-5-3-4-6-18(16)21/h3-10,15H,11-13H2,1-2H3/t15-/m0/s1. The van der Waals surface area contributed by atoms with Crippen LogP contribution in [0.1, 0.15) is 18.1 Å². The third-order valence-corrected chi connectivity index (χ3v) is 5.20. The number of hydrogen-bond acceptors (Lipinski definition) is 4. The lowest BCUT2D eigenvalue weighted by Gasteiger charge is -2.22. The van der Waals surface area contributed by atoms with Gasteiger partial charge in [-0.05, 0) is 44.0 Å². The second kappa shape index (κ2) is 7.74. The van der Waals surface area contributed by atoms with Crippen molar-refractivity contribution in [1.29, 1.82) is 0 Å². The largest absolute Gasteiger partial charge is 0.455 e. The average Bonchev–Trinajstić information content (AvgIpc) is 2.95. The highest BCUT2D eigenvalue weighted by Gasteiger charge is 2.30. The molecule has 1 heterocycles. The molecule has 5 heteroatoms. The van der Waals surface area contributed by atoms with E-state index in [2.05, 4.69) is 0 Å². The first-order valence-corrected chi connectivity index (χ1v) is 9.28. The van der Waals surface area contributed by atoms with Crippen molar-refractivity contribution in [2.75, 3.05) is 17.3 Å². The van der Waals surface area contributed by atoms with Crippen molar-refractivity contribution in [1.82, 2.24) is 0 Å². The van der Waals surface area contributed by atoms with Crippen molar-refractivity contribution in [3.8, 4) is 0 Å². The Hall–Kier alpha value is -2.27. The van der Waals surface area contributed by atoms with Crippen molar-refractivity contribution in [2.24, 2.45) is 0 Å². The molecule has 1 aliphatic heterocycles. The molecule has 2 aromatic carbocycles. The van der Waals surface area contributed by atoms with Gasteiger partial charge in [-0.25, -0.2) is 0 Å². The summed E-state index contributed by atoms with van der Waals surface area (Å²) in [6, 6.07) is 15.9. The van der Waals surface area contributed by atoms with Crippen LogP contribution in [0.25, 0.3) is 0 Å². The smallest absolute Gasteiger partial charge is 0.316 e. The number of amides is 1. The zero-order valence-electron chi connectivity index (χ0n) is 14.4. The first kappa shape index (κ1) is 17.5. The summed E-state index contributed by atoms with van der Waals surface area (Å²) >= 11 is 1.41. The number of fused-ring (bicyclic) bond motifs is 1. The number of aryl methyl sites for hydroxylation is 1. The molecule has 0 aliphatic carbocycles. The van der Waals surface area contributed by atoms with Crippen LogP contribution in [0.3, 0.4) is 0 Å². The zero-order chi connectivity index (χ0) is 17.8. The van der Waals surface area contributed by atoms with E-state index in [1.807, 2.05) is 62.4 Å². The molecule has 1 atom stereocenters. The van der Waals surface area contributed by atoms with Crippen LogP contribution < -0.4 is 4.90 Å². The highest BCUT2D eigenvalue weighted by molar-refractivity contribution is 8.00. The first-order valence-electron chi connectivity index (χ1n) is 8.29. The summed E-state index contributed by atoms with van der Waals surface area (Å²) in [7, 11) is 0. The Morgan fingerprint density at radius 3 is 2.64 bits per heavy atom. The molecule has 0 fully saturated rings. The van der Waals surface area contributed by atoms with Crippen LogP contribution in [-0.2, 0) is 20.7 Å². The average molecular weight is 355 g/mol. The van der Waals surface area contributed by atoms with Gasteiger partial charge in [0.15, 0.2) is 6.61 Å². The first-order chi connectivity index (χ1) is 12.0. The van der Waals surface area contributed by atoms with E-state index in [0.29, 0.717) is 0 Å². The molecule has 0 bridgehead atoms. The number of para-hydroxylation sites is 1. The summed E-state index contributed by atoms with van der Waals surface area (Å²) in [5, 5.41) is 0. The van der Waals surface area contributed by atoms with Gasteiger partial charge in [-0.1, -0.05) is 35.9 Å². The van der Waals surface area contributed by atoms with E-state index in [1.165, 1.54) is 17.3 Å². The summed E-state index contributed by atoms with van der Waals surface area (Å²) in [6.07, 6.45) is 0.832. The molecule has 3 rings (SSSR count). The van der Waals surface area contributed by atoms with Gasteiger partial charge < -0.3 is 9.64 Å². The number of anilines is 1. The third-order valence-electron chi connectivity index (χ3n) is 4.21. The van der Waals surface area contributed by atoms with E-state index in [4.69, 9.17) is 4.74 Å². The van der Waals surface area contributed by atoms with Gasteiger partial charge >= 0.3 is 5.97 Å². The van der Waals surface area contributed by atoms with Crippen LogP contribution in [0.15, 0.2) is 53.4 Å². The number of hydrogen-bond donors (Lipinski definition) is 0. The maximum absolute atomic E-state index is 12.5. The van der Waals surface area contributed by atoms with Crippen molar-refractivity contribution >= 4 is 29.3 Å². The molecular weight excluding hydrogens is 334 g/mol. The zero-order valence-corrected chi connectivity index (χ0v) is 15.2. The number of esters is 1. The van der Waals surface area contributed by atoms with E-state index in [-0.39, 0.29) is 30.3 Å². The monoisotopic (exact) mass is 355 g/mol. The van der Waals surface area contributed by atoms with Crippen LogP contribution in [-0.4, -0.2) is 30.3 Å². The Morgan fingerprint density at radius 1 is 1.16 bits per heavy atom. The number of ether oxygens (including phenoxy) is 1. The fraction of sp³-hybridized carbons (Fsp3) is 0.300. The third kappa shape index (κ3) is 4.23. The molecule has 130 valence electrons. The Bertz CT molecular complexity index is 773. The van der Waals surface area contributed by atoms with Crippen LogP contribution in [0.2, 0.25) is 0 Å². The SMILES string of the molecule is Cc1ccc(SCC(=O)OCC(=O)N2c3ccccc3C[C@@H]2C)cc1. The predicted molar refractivity (Wildman–Crippen MR) is 100.0 cm³/mol. The topological polar surface area (TPSA) is 46.6 Å². The number of thioether (sulfide) groups is 1. The van der Waals surface area contributed by atoms with Crippen molar-refractivity contribution < 1.29 is 14.3 Å².